The van der Waals surface area contributed by atoms with Crippen molar-refractivity contribution >= 4 is 17.4 Å². The molecule has 2 N–H and O–H groups in total. The number of aliphatic hydroxyl groups excluding tert-OH is 1. The number of nitrogens with zero attached hydrogens (tertiary/aromatic N) is 7. The van der Waals surface area contributed by atoms with Crippen LogP contribution in [0.25, 0.3) is 16.9 Å². The van der Waals surface area contributed by atoms with E-state index in [1.165, 1.54) is 0 Å². The second-order valence-corrected chi connectivity index (χ2v) is 6.62. The van der Waals surface area contributed by atoms with Crippen molar-refractivity contribution in [2.75, 3.05) is 5.32 Å². The lowest BCUT2D eigenvalue weighted by atomic mass is 10.1. The van der Waals surface area contributed by atoms with E-state index in [4.69, 9.17) is 0 Å². The molecule has 27 heavy (non-hydrogen) atoms. The molecule has 0 aliphatic heterocycles. The van der Waals surface area contributed by atoms with Crippen molar-refractivity contribution in [2.45, 2.75) is 20.0 Å². The third-order valence-electron chi connectivity index (χ3n) is 4.34. The largest absolute Gasteiger partial charge is 0.385 e. The second-order valence-electron chi connectivity index (χ2n) is 6.62. The van der Waals surface area contributed by atoms with Gasteiger partial charge >= 0.3 is 0 Å². The van der Waals surface area contributed by atoms with Crippen molar-refractivity contribution in [1.82, 2.24) is 34.3 Å². The number of pyridine rings is 1. The van der Waals surface area contributed by atoms with Crippen LogP contribution in [-0.2, 0) is 7.05 Å². The number of aliphatic hydroxyl groups is 1. The number of hydrogen-bond acceptors (Lipinski definition) is 7. The summed E-state index contributed by atoms with van der Waals surface area (Å²) in [4.78, 5) is 8.83. The van der Waals surface area contributed by atoms with Crippen LogP contribution in [0.5, 0.6) is 0 Å². The Balaban J connectivity index is 1.66. The molecule has 4 aromatic rings. The highest BCUT2D eigenvalue weighted by Gasteiger charge is 2.19. The van der Waals surface area contributed by atoms with Gasteiger partial charge in [0.1, 0.15) is 11.9 Å². The van der Waals surface area contributed by atoms with Crippen LogP contribution in [0.15, 0.2) is 42.9 Å². The Labute approximate surface area is 155 Å². The highest BCUT2D eigenvalue weighted by Crippen LogP contribution is 2.24. The number of rotatable bonds is 5. The van der Waals surface area contributed by atoms with Crippen LogP contribution in [0.2, 0.25) is 0 Å². The SMILES string of the molecule is CC(C)C(O)c1nnc2cc(-c3ccnc(Nc4ccnn4C)n3)ccn12. The molecule has 4 aromatic heterocycles. The smallest absolute Gasteiger partial charge is 0.228 e. The standard InChI is InChI=1S/C18H20N8O/c1-11(2)16(27)17-24-23-15-10-12(6-9-26(15)17)13-4-7-19-18(21-13)22-14-5-8-20-25(14)3/h4-11,16,27H,1-3H3,(H,19,21,22). The fourth-order valence-corrected chi connectivity index (χ4v) is 2.76. The number of aromatic nitrogens is 7. The van der Waals surface area contributed by atoms with Gasteiger partial charge in [-0.1, -0.05) is 13.8 Å². The molecule has 4 rings (SSSR count). The monoisotopic (exact) mass is 364 g/mol. The van der Waals surface area contributed by atoms with Crippen molar-refractivity contribution < 1.29 is 5.11 Å². The van der Waals surface area contributed by atoms with Crippen LogP contribution in [0, 0.1) is 5.92 Å². The molecule has 9 heteroatoms. The van der Waals surface area contributed by atoms with Gasteiger partial charge in [-0.25, -0.2) is 9.97 Å². The van der Waals surface area contributed by atoms with Gasteiger partial charge in [-0.2, -0.15) is 5.10 Å². The first kappa shape index (κ1) is 17.1. The van der Waals surface area contributed by atoms with E-state index in [0.29, 0.717) is 17.4 Å². The van der Waals surface area contributed by atoms with E-state index in [0.717, 1.165) is 17.1 Å². The van der Waals surface area contributed by atoms with Gasteiger partial charge in [-0.15, -0.1) is 10.2 Å². The van der Waals surface area contributed by atoms with Gasteiger partial charge in [0, 0.05) is 31.1 Å². The number of nitrogens with one attached hydrogen (secondary N) is 1. The van der Waals surface area contributed by atoms with Gasteiger partial charge in [0.25, 0.3) is 0 Å². The van der Waals surface area contributed by atoms with Crippen LogP contribution in [-0.4, -0.2) is 39.5 Å². The van der Waals surface area contributed by atoms with Crippen molar-refractivity contribution in [3.05, 3.63) is 48.7 Å². The van der Waals surface area contributed by atoms with Gasteiger partial charge in [0.15, 0.2) is 11.5 Å². The first-order valence-electron chi connectivity index (χ1n) is 8.64. The summed E-state index contributed by atoms with van der Waals surface area (Å²) in [6.45, 7) is 3.88. The minimum absolute atomic E-state index is 0.0552. The first-order valence-corrected chi connectivity index (χ1v) is 8.64. The molecule has 0 bridgehead atoms. The molecule has 4 heterocycles. The lowest BCUT2D eigenvalue weighted by molar-refractivity contribution is 0.116. The summed E-state index contributed by atoms with van der Waals surface area (Å²) >= 11 is 0. The van der Waals surface area contributed by atoms with Crippen molar-refractivity contribution in [3.8, 4) is 11.3 Å². The molecule has 138 valence electrons. The molecule has 0 spiro atoms. The fraction of sp³-hybridized carbons (Fsp3) is 0.278. The summed E-state index contributed by atoms with van der Waals surface area (Å²) < 4.78 is 3.50. The Hall–Kier alpha value is -3.33. The highest BCUT2D eigenvalue weighted by molar-refractivity contribution is 5.65. The molecule has 0 aliphatic carbocycles. The topological polar surface area (TPSA) is 106 Å². The molecule has 0 saturated carbocycles. The van der Waals surface area contributed by atoms with Crippen LogP contribution in [0.1, 0.15) is 25.8 Å². The zero-order valence-corrected chi connectivity index (χ0v) is 15.3. The van der Waals surface area contributed by atoms with E-state index in [1.807, 2.05) is 51.4 Å². The van der Waals surface area contributed by atoms with Crippen molar-refractivity contribution in [2.24, 2.45) is 13.0 Å². The summed E-state index contributed by atoms with van der Waals surface area (Å²) in [5.74, 6) is 1.87. The molecule has 0 aliphatic rings. The van der Waals surface area contributed by atoms with E-state index in [9.17, 15) is 5.11 Å². The zero-order valence-electron chi connectivity index (χ0n) is 15.3. The minimum atomic E-state index is -0.667. The molecule has 0 amide bonds. The maximum absolute atomic E-state index is 10.3. The van der Waals surface area contributed by atoms with Gasteiger partial charge in [0.2, 0.25) is 5.95 Å². The Kier molecular flexibility index (Phi) is 4.28. The molecule has 9 nitrogen and oxygen atoms in total. The first-order chi connectivity index (χ1) is 13.0. The predicted molar refractivity (Wildman–Crippen MR) is 100 cm³/mol. The summed E-state index contributed by atoms with van der Waals surface area (Å²) in [7, 11) is 1.84. The van der Waals surface area contributed by atoms with E-state index >= 15 is 0 Å². The molecular weight excluding hydrogens is 344 g/mol. The summed E-state index contributed by atoms with van der Waals surface area (Å²) in [5.41, 5.74) is 2.30. The van der Waals surface area contributed by atoms with Crippen LogP contribution in [0.3, 0.4) is 0 Å². The molecule has 0 fully saturated rings. The lowest BCUT2D eigenvalue weighted by Crippen LogP contribution is -2.09. The highest BCUT2D eigenvalue weighted by atomic mass is 16.3. The average Bonchev–Trinajstić information content (AvgIpc) is 3.27. The van der Waals surface area contributed by atoms with E-state index < -0.39 is 6.10 Å². The van der Waals surface area contributed by atoms with Crippen LogP contribution in [0.4, 0.5) is 11.8 Å². The quantitative estimate of drug-likeness (QED) is 0.560. The lowest BCUT2D eigenvalue weighted by Gasteiger charge is -2.12. The summed E-state index contributed by atoms with van der Waals surface area (Å²) in [5, 5.41) is 25.9. The molecule has 0 radical (unpaired) electrons. The predicted octanol–water partition coefficient (Wildman–Crippen LogP) is 2.35. The number of hydrogen-bond donors (Lipinski definition) is 2. The Morgan fingerprint density at radius 2 is 1.96 bits per heavy atom. The summed E-state index contributed by atoms with van der Waals surface area (Å²) in [6.07, 6.45) is 4.58. The van der Waals surface area contributed by atoms with Crippen molar-refractivity contribution in [3.63, 3.8) is 0 Å². The Morgan fingerprint density at radius 1 is 1.11 bits per heavy atom. The molecular formula is C18H20N8O. The number of fused-ring (bicyclic) bond motifs is 1. The molecule has 1 unspecified atom stereocenters. The Morgan fingerprint density at radius 3 is 2.70 bits per heavy atom. The third kappa shape index (κ3) is 3.24. The van der Waals surface area contributed by atoms with Gasteiger partial charge in [-0.3, -0.25) is 9.08 Å². The maximum Gasteiger partial charge on any atom is 0.228 e. The third-order valence-corrected chi connectivity index (χ3v) is 4.34. The fourth-order valence-electron chi connectivity index (χ4n) is 2.76. The van der Waals surface area contributed by atoms with E-state index in [2.05, 4.69) is 30.6 Å². The molecule has 0 saturated heterocycles. The van der Waals surface area contributed by atoms with E-state index in [1.54, 1.807) is 21.5 Å². The average molecular weight is 364 g/mol. The Bertz CT molecular complexity index is 1080. The van der Waals surface area contributed by atoms with E-state index in [-0.39, 0.29) is 5.92 Å². The normalized spacial score (nSPS) is 12.6. The molecule has 1 atom stereocenters. The van der Waals surface area contributed by atoms with Gasteiger partial charge < -0.3 is 10.4 Å². The van der Waals surface area contributed by atoms with Gasteiger partial charge in [0.05, 0.1) is 11.9 Å². The van der Waals surface area contributed by atoms with Crippen molar-refractivity contribution in [1.29, 1.82) is 0 Å². The summed E-state index contributed by atoms with van der Waals surface area (Å²) in [6, 6.07) is 7.49. The zero-order chi connectivity index (χ0) is 19.0. The number of anilines is 2. The molecule has 0 aromatic carbocycles. The second kappa shape index (κ2) is 6.76. The number of aryl methyl sites for hydroxylation is 1. The van der Waals surface area contributed by atoms with Crippen LogP contribution < -0.4 is 5.32 Å². The van der Waals surface area contributed by atoms with Crippen LogP contribution >= 0.6 is 0 Å². The minimum Gasteiger partial charge on any atom is -0.385 e. The van der Waals surface area contributed by atoms with Gasteiger partial charge in [-0.05, 0) is 24.1 Å². The maximum atomic E-state index is 10.3.